The molecule has 3 saturated heterocycles. The molecule has 162 valence electrons. The summed E-state index contributed by atoms with van der Waals surface area (Å²) in [5.74, 6) is -0.686. The highest BCUT2D eigenvalue weighted by Gasteiger charge is 2.66. The van der Waals surface area contributed by atoms with Crippen molar-refractivity contribution in [3.05, 3.63) is 12.2 Å². The first-order valence-corrected chi connectivity index (χ1v) is 10.7. The molecule has 0 spiro atoms. The number of hydrogen-bond acceptors (Lipinski definition) is 7. The van der Waals surface area contributed by atoms with Crippen molar-refractivity contribution in [3.63, 3.8) is 0 Å². The first-order valence-electron chi connectivity index (χ1n) is 10.7. The number of rotatable bonds is 2. The van der Waals surface area contributed by atoms with Gasteiger partial charge < -0.3 is 14.2 Å². The Hall–Kier alpha value is -1.44. The molecular weight excluding hydrogens is 376 g/mol. The Bertz CT molecular complexity index is 720. The molecule has 1 saturated carbocycles. The van der Waals surface area contributed by atoms with Gasteiger partial charge in [0.15, 0.2) is 0 Å². The minimum Gasteiger partial charge on any atom is -0.459 e. The average Bonchev–Trinajstić information content (AvgIpc) is 3.00. The van der Waals surface area contributed by atoms with Crippen molar-refractivity contribution < 1.29 is 33.9 Å². The number of ether oxygens (including phenoxy) is 3. The lowest BCUT2D eigenvalue weighted by atomic mass is 9.58. The van der Waals surface area contributed by atoms with Crippen LogP contribution in [0.3, 0.4) is 0 Å². The number of carbonyl (C=O) groups excluding carboxylic acids is 2. The van der Waals surface area contributed by atoms with Crippen LogP contribution < -0.4 is 0 Å². The maximum Gasteiger partial charge on any atom is 0.309 e. The molecule has 1 aliphatic carbocycles. The lowest BCUT2D eigenvalue weighted by Gasteiger charge is -2.48. The van der Waals surface area contributed by atoms with E-state index in [9.17, 15) is 14.8 Å². The molecule has 7 unspecified atom stereocenters. The molecule has 0 aromatic heterocycles. The lowest BCUT2D eigenvalue weighted by Crippen LogP contribution is -2.54. The Balaban J connectivity index is 1.83. The smallest absolute Gasteiger partial charge is 0.309 e. The molecule has 0 aromatic rings. The molecule has 4 fully saturated rings. The predicted molar refractivity (Wildman–Crippen MR) is 103 cm³/mol. The van der Waals surface area contributed by atoms with Crippen LogP contribution in [0.4, 0.5) is 0 Å². The number of hydrogen-bond donors (Lipinski definition) is 1. The molecule has 7 nitrogen and oxygen atoms in total. The summed E-state index contributed by atoms with van der Waals surface area (Å²) in [4.78, 5) is 29.6. The second kappa shape index (κ2) is 7.06. The molecule has 3 aliphatic heterocycles. The van der Waals surface area contributed by atoms with Crippen molar-refractivity contribution >= 4 is 11.9 Å². The summed E-state index contributed by atoms with van der Waals surface area (Å²) < 4.78 is 18.6. The van der Waals surface area contributed by atoms with Gasteiger partial charge in [-0.3, -0.25) is 14.8 Å². The van der Waals surface area contributed by atoms with E-state index in [1.807, 2.05) is 20.8 Å². The number of esters is 2. The van der Waals surface area contributed by atoms with Gasteiger partial charge in [0.1, 0.15) is 23.4 Å². The third kappa shape index (κ3) is 3.22. The van der Waals surface area contributed by atoms with E-state index in [4.69, 9.17) is 19.1 Å². The Morgan fingerprint density at radius 3 is 2.66 bits per heavy atom. The van der Waals surface area contributed by atoms with E-state index >= 15 is 0 Å². The standard InChI is InChI=1S/C22H32O7/c1-11-10-16-18-17-14(6-8-21(18,4)27-13(3)23)12(2)20(24)28-22(5,19(17)26-16)9-7-15(11)29-25/h12,14-19,25H,1,6-10H2,2-5H3/t12?,14?,15?,16?,17?,18?,19?,21-,22+/m1/s1. The summed E-state index contributed by atoms with van der Waals surface area (Å²) in [6.45, 7) is 11.4. The molecule has 4 aliphatic rings. The van der Waals surface area contributed by atoms with Crippen molar-refractivity contribution in [2.24, 2.45) is 23.7 Å². The van der Waals surface area contributed by atoms with E-state index in [-0.39, 0.29) is 47.8 Å². The van der Waals surface area contributed by atoms with Gasteiger partial charge in [-0.2, -0.15) is 0 Å². The number of fused-ring (bicyclic) bond motifs is 2. The second-order valence-electron chi connectivity index (χ2n) is 9.82. The Morgan fingerprint density at radius 1 is 1.28 bits per heavy atom. The zero-order valence-electron chi connectivity index (χ0n) is 17.7. The van der Waals surface area contributed by atoms with Crippen molar-refractivity contribution in [3.8, 4) is 0 Å². The van der Waals surface area contributed by atoms with Crippen molar-refractivity contribution in [1.82, 2.24) is 0 Å². The molecule has 9 atom stereocenters. The van der Waals surface area contributed by atoms with E-state index in [2.05, 4.69) is 6.58 Å². The summed E-state index contributed by atoms with van der Waals surface area (Å²) in [6.07, 6.45) is 1.85. The third-order valence-corrected chi connectivity index (χ3v) is 7.94. The van der Waals surface area contributed by atoms with Crippen molar-refractivity contribution in [1.29, 1.82) is 0 Å². The van der Waals surface area contributed by atoms with Crippen molar-refractivity contribution in [2.75, 3.05) is 0 Å². The van der Waals surface area contributed by atoms with Gasteiger partial charge in [-0.25, -0.2) is 4.89 Å². The van der Waals surface area contributed by atoms with Gasteiger partial charge >= 0.3 is 11.9 Å². The zero-order chi connectivity index (χ0) is 21.1. The highest BCUT2D eigenvalue weighted by molar-refractivity contribution is 5.73. The van der Waals surface area contributed by atoms with Gasteiger partial charge in [0.25, 0.3) is 0 Å². The molecular formula is C22H32O7. The van der Waals surface area contributed by atoms with Crippen LogP contribution >= 0.6 is 0 Å². The minimum atomic E-state index is -0.840. The van der Waals surface area contributed by atoms with E-state index < -0.39 is 17.3 Å². The molecule has 2 bridgehead atoms. The summed E-state index contributed by atoms with van der Waals surface area (Å²) >= 11 is 0. The highest BCUT2D eigenvalue weighted by atomic mass is 17.1. The summed E-state index contributed by atoms with van der Waals surface area (Å²) in [5, 5.41) is 9.42. The van der Waals surface area contributed by atoms with E-state index in [0.29, 0.717) is 25.7 Å². The van der Waals surface area contributed by atoms with Crippen LogP contribution in [0, 0.1) is 23.7 Å². The van der Waals surface area contributed by atoms with Crippen LogP contribution in [-0.4, -0.2) is 46.7 Å². The number of carbonyl (C=O) groups is 2. The fourth-order valence-corrected chi connectivity index (χ4v) is 6.55. The van der Waals surface area contributed by atoms with Crippen LogP contribution in [0.2, 0.25) is 0 Å². The Morgan fingerprint density at radius 2 is 2.00 bits per heavy atom. The highest BCUT2D eigenvalue weighted by Crippen LogP contribution is 2.59. The fourth-order valence-electron chi connectivity index (χ4n) is 6.55. The first kappa shape index (κ1) is 20.8. The van der Waals surface area contributed by atoms with Gasteiger partial charge in [-0.15, -0.1) is 0 Å². The maximum absolute atomic E-state index is 12.9. The predicted octanol–water partition coefficient (Wildman–Crippen LogP) is 3.27. The maximum atomic E-state index is 12.9. The van der Waals surface area contributed by atoms with Crippen LogP contribution in [0.1, 0.15) is 59.8 Å². The normalized spacial score (nSPS) is 49.3. The average molecular weight is 408 g/mol. The van der Waals surface area contributed by atoms with E-state index in [0.717, 1.165) is 12.0 Å². The molecule has 29 heavy (non-hydrogen) atoms. The molecule has 4 rings (SSSR count). The molecule has 0 radical (unpaired) electrons. The van der Waals surface area contributed by atoms with Gasteiger partial charge in [0.05, 0.1) is 12.0 Å². The summed E-state index contributed by atoms with van der Waals surface area (Å²) in [6, 6.07) is 0. The molecule has 0 amide bonds. The molecule has 0 aromatic carbocycles. The van der Waals surface area contributed by atoms with Gasteiger partial charge in [-0.05, 0) is 57.4 Å². The Kier molecular flexibility index (Phi) is 5.07. The third-order valence-electron chi connectivity index (χ3n) is 7.94. The lowest BCUT2D eigenvalue weighted by molar-refractivity contribution is -0.272. The quantitative estimate of drug-likeness (QED) is 0.324. The van der Waals surface area contributed by atoms with Crippen LogP contribution in [0.25, 0.3) is 0 Å². The summed E-state index contributed by atoms with van der Waals surface area (Å²) in [7, 11) is 0. The minimum absolute atomic E-state index is 0.0453. The Labute approximate surface area is 171 Å². The SMILES string of the molecule is C=C1CC2OC3C4C(CC[C@@](C)(OC(C)=O)C24)C(C)C(=O)O[C@@]3(C)CCC1OO. The van der Waals surface area contributed by atoms with Gasteiger partial charge in [0.2, 0.25) is 0 Å². The monoisotopic (exact) mass is 408 g/mol. The summed E-state index contributed by atoms with van der Waals surface area (Å²) in [5.41, 5.74) is -0.782. The molecule has 3 heterocycles. The van der Waals surface area contributed by atoms with Crippen LogP contribution in [-0.2, 0) is 28.7 Å². The zero-order valence-corrected chi connectivity index (χ0v) is 17.7. The van der Waals surface area contributed by atoms with Gasteiger partial charge in [0, 0.05) is 18.8 Å². The van der Waals surface area contributed by atoms with Crippen molar-refractivity contribution in [2.45, 2.75) is 89.3 Å². The second-order valence-corrected chi connectivity index (χ2v) is 9.82. The fraction of sp³-hybridized carbons (Fsp3) is 0.818. The van der Waals surface area contributed by atoms with Crippen LogP contribution in [0.5, 0.6) is 0 Å². The van der Waals surface area contributed by atoms with E-state index in [1.165, 1.54) is 6.92 Å². The molecule has 1 N–H and O–H groups in total. The van der Waals surface area contributed by atoms with Crippen LogP contribution in [0.15, 0.2) is 12.2 Å². The topological polar surface area (TPSA) is 91.3 Å². The first-order chi connectivity index (χ1) is 13.6. The largest absolute Gasteiger partial charge is 0.459 e. The molecule has 7 heteroatoms. The van der Waals surface area contributed by atoms with Gasteiger partial charge in [-0.1, -0.05) is 13.5 Å². The van der Waals surface area contributed by atoms with E-state index in [1.54, 1.807) is 0 Å².